The van der Waals surface area contributed by atoms with E-state index in [9.17, 15) is 19.2 Å². The third-order valence-corrected chi connectivity index (χ3v) is 25.0. The highest BCUT2D eigenvalue weighted by atomic mass is 16.5. The number of piperazine rings is 1. The van der Waals surface area contributed by atoms with E-state index in [0.717, 1.165) is 157 Å². The number of carbonyl (C=O) groups is 4. The predicted octanol–water partition coefficient (Wildman–Crippen LogP) is 14.1. The highest BCUT2D eigenvalue weighted by Crippen LogP contribution is 2.31. The predicted molar refractivity (Wildman–Crippen MR) is 517 cm³/mol. The normalized spacial score (nSPS) is 13.3. The van der Waals surface area contributed by atoms with Crippen LogP contribution in [-0.2, 0) is 61.3 Å². The van der Waals surface area contributed by atoms with Gasteiger partial charge in [0.05, 0.1) is 66.8 Å². The Labute approximate surface area is 761 Å². The van der Waals surface area contributed by atoms with Crippen molar-refractivity contribution in [1.82, 2.24) is 60.6 Å². The highest BCUT2D eigenvalue weighted by Gasteiger charge is 2.26. The average Bonchev–Trinajstić information content (AvgIpc) is 1.65. The number of rotatable bonds is 28. The highest BCUT2D eigenvalue weighted by molar-refractivity contribution is 6.01. The van der Waals surface area contributed by atoms with Crippen LogP contribution < -0.4 is 58.9 Å². The monoisotopic (exact) mass is 1750 g/mol. The molecule has 678 valence electrons. The lowest BCUT2D eigenvalue weighted by molar-refractivity contribution is 0.0991. The van der Waals surface area contributed by atoms with Crippen LogP contribution in [0.1, 0.15) is 181 Å². The Hall–Kier alpha value is -14.0. The minimum Gasteiger partial charge on any atom is -0.378 e. The third-order valence-electron chi connectivity index (χ3n) is 25.0. The summed E-state index contributed by atoms with van der Waals surface area (Å²) >= 11 is 0. The van der Waals surface area contributed by atoms with Crippen LogP contribution in [0, 0.1) is 90.0 Å². The number of amides is 4. The smallest absolute Gasteiger partial charge is 0.254 e. The van der Waals surface area contributed by atoms with E-state index in [-0.39, 0.29) is 0 Å². The Balaban J connectivity index is 0.000000148. The van der Waals surface area contributed by atoms with Crippen LogP contribution in [0.15, 0.2) is 152 Å². The fourth-order valence-corrected chi connectivity index (χ4v) is 16.6. The van der Waals surface area contributed by atoms with Gasteiger partial charge < -0.3 is 73.3 Å². The first kappa shape index (κ1) is 93.6. The molecule has 3 saturated heterocycles. The van der Waals surface area contributed by atoms with Crippen LogP contribution in [0.4, 0.5) is 40.5 Å². The number of benzene rings is 6. The number of pyridine rings is 3. The Morgan fingerprint density at radius 3 is 1.03 bits per heavy atom. The summed E-state index contributed by atoms with van der Waals surface area (Å²) in [5, 5.41) is 42.4. The van der Waals surface area contributed by atoms with Crippen molar-refractivity contribution in [3.05, 3.63) is 314 Å². The van der Waals surface area contributed by atoms with Crippen molar-refractivity contribution in [2.45, 2.75) is 142 Å². The van der Waals surface area contributed by atoms with Gasteiger partial charge in [0.15, 0.2) is 23.3 Å². The number of carbonyl (C=O) groups excluding carboxylic acids is 4. The molecule has 0 radical (unpaired) electrons. The summed E-state index contributed by atoms with van der Waals surface area (Å²) in [6.45, 7) is 40.2. The van der Waals surface area contributed by atoms with Gasteiger partial charge in [-0.25, -0.2) is 4.98 Å². The minimum absolute atomic E-state index is 0.379. The van der Waals surface area contributed by atoms with Gasteiger partial charge in [-0.15, -0.1) is 0 Å². The average molecular weight is 1760 g/mol. The third kappa shape index (κ3) is 23.8. The summed E-state index contributed by atoms with van der Waals surface area (Å²) in [5.41, 5.74) is 56.3. The zero-order valence-corrected chi connectivity index (χ0v) is 77.3. The molecule has 3 aliphatic heterocycles. The Bertz CT molecular complexity index is 6020. The fraction of sp³-hybridized carbons (Fsp3) is 0.337. The summed E-state index contributed by atoms with van der Waals surface area (Å²) in [6.07, 6.45) is 7.53. The molecule has 0 saturated carbocycles. The number of likely N-dealkylation sites (N-methyl/N-ethyl adjacent to an activating group) is 1. The molecule has 13 aromatic rings. The number of aryl methyl sites for hydroxylation is 9. The summed E-state index contributed by atoms with van der Waals surface area (Å²) in [4.78, 5) is 71.8. The Kier molecular flexibility index (Phi) is 31.1. The van der Waals surface area contributed by atoms with E-state index in [0.29, 0.717) is 114 Å². The molecule has 0 spiro atoms. The minimum atomic E-state index is -0.516. The van der Waals surface area contributed by atoms with Gasteiger partial charge in [0.1, 0.15) is 28.1 Å². The molecule has 130 heavy (non-hydrogen) atoms. The van der Waals surface area contributed by atoms with Crippen molar-refractivity contribution in [1.29, 1.82) is 0 Å². The van der Waals surface area contributed by atoms with E-state index in [4.69, 9.17) is 32.4 Å². The standard InChI is InChI=1S/C26H34N6O.C26H27N5O.C25H32N6O2.C24H30N6O2/c1-17-13-21(14-18(2)19(17)3)16-28-26-24(25(27)33)23(29-30-26)15-20-5-7-22(8-6-20)32-11-9-31(4)10-12-32;1-16-12-20(13-17(2)18(16)3)15-29-26-24(25(27)32)23(30-31-26)14-19-7-9-21(10-8-19)22-6-4-5-11-28-22;1-15-9-19(10-16(2)18(15)4)13-27-24-22(23(26)32)21(29-30-24)12-20-11-17(3)25(28-14-20)31-5-7-33-8-6-31;1-15-10-18(11-16(2)17(15)3)13-27-24-22(23(25)31)21(28-29-24)12-19-4-5-20(14-26-19)30-6-8-32-9-7-30/h5-8,13-14H,9-12,15-16H2,1-4H3,(H2,27,33)(H2,28,29,30);4-13H,14-15H2,1-3H3,(H2,27,32)(H2,29,30,31);9-11,14H,5-8,12-13H2,1-4H3,(H2,26,32)(H2,27,29,30);4-5,10-11,14H,6-9,12-13H2,1-3H3,(H2,25,31)(H2,27,28,29). The molecule has 16 rings (SSSR count). The molecule has 3 aliphatic rings. The van der Waals surface area contributed by atoms with E-state index < -0.39 is 23.6 Å². The largest absolute Gasteiger partial charge is 0.378 e. The van der Waals surface area contributed by atoms with Crippen molar-refractivity contribution >= 4 is 64.1 Å². The maximum Gasteiger partial charge on any atom is 0.254 e. The topological polar surface area (TPSA) is 405 Å². The van der Waals surface area contributed by atoms with E-state index in [2.05, 4.69) is 279 Å². The molecule has 10 heterocycles. The zero-order chi connectivity index (χ0) is 92.4. The summed E-state index contributed by atoms with van der Waals surface area (Å²) < 4.78 is 10.8. The molecule has 4 amide bonds. The molecule has 0 aliphatic carbocycles. The van der Waals surface area contributed by atoms with Gasteiger partial charge in [-0.2, -0.15) is 20.4 Å². The number of aromatic nitrogens is 11. The number of hydrogen-bond acceptors (Lipinski definition) is 21. The molecule has 29 nitrogen and oxygen atoms in total. The van der Waals surface area contributed by atoms with Crippen molar-refractivity contribution in [3.63, 3.8) is 0 Å². The van der Waals surface area contributed by atoms with Crippen molar-refractivity contribution < 1.29 is 28.7 Å². The van der Waals surface area contributed by atoms with Crippen LogP contribution in [0.3, 0.4) is 0 Å². The van der Waals surface area contributed by atoms with Crippen molar-refractivity contribution in [3.8, 4) is 11.3 Å². The Morgan fingerprint density at radius 1 is 0.346 bits per heavy atom. The molecule has 3 fully saturated rings. The zero-order valence-electron chi connectivity index (χ0n) is 77.3. The first-order valence-corrected chi connectivity index (χ1v) is 44.3. The van der Waals surface area contributed by atoms with Gasteiger partial charge in [0.2, 0.25) is 0 Å². The van der Waals surface area contributed by atoms with Gasteiger partial charge >= 0.3 is 0 Å². The lowest BCUT2D eigenvalue weighted by Crippen LogP contribution is -2.44. The number of morpholine rings is 2. The molecule has 6 aromatic carbocycles. The second-order valence-electron chi connectivity index (χ2n) is 34.3. The molecule has 16 N–H and O–H groups in total. The molecule has 0 atom stereocenters. The number of anilines is 7. The van der Waals surface area contributed by atoms with E-state index in [1.807, 2.05) is 60.9 Å². The van der Waals surface area contributed by atoms with Gasteiger partial charge in [-0.3, -0.25) is 49.5 Å². The molecule has 29 heteroatoms. The number of ether oxygens (including phenoxy) is 2. The quantitative estimate of drug-likeness (QED) is 0.0217. The Morgan fingerprint density at radius 2 is 0.685 bits per heavy atom. The number of primary amides is 4. The van der Waals surface area contributed by atoms with Gasteiger partial charge in [-0.1, -0.05) is 97.1 Å². The van der Waals surface area contributed by atoms with E-state index in [1.165, 1.54) is 72.4 Å². The van der Waals surface area contributed by atoms with E-state index >= 15 is 0 Å². The second kappa shape index (κ2) is 43.2. The fourth-order valence-electron chi connectivity index (χ4n) is 16.6. The van der Waals surface area contributed by atoms with E-state index in [1.54, 1.807) is 6.20 Å². The first-order chi connectivity index (χ1) is 62.5. The maximum atomic E-state index is 12.3. The number of H-pyrrole nitrogens is 4. The molecule has 0 bridgehead atoms. The lowest BCUT2D eigenvalue weighted by Gasteiger charge is -2.34. The van der Waals surface area contributed by atoms with Crippen molar-refractivity contribution in [2.75, 3.05) is 122 Å². The van der Waals surface area contributed by atoms with Crippen LogP contribution in [0.25, 0.3) is 11.3 Å². The van der Waals surface area contributed by atoms with Gasteiger partial charge in [0.25, 0.3) is 23.6 Å². The van der Waals surface area contributed by atoms with Crippen LogP contribution in [0.5, 0.6) is 0 Å². The van der Waals surface area contributed by atoms with Crippen molar-refractivity contribution in [2.24, 2.45) is 22.9 Å². The molecule has 0 unspecified atom stereocenters. The number of aromatic amines is 4. The van der Waals surface area contributed by atoms with Crippen LogP contribution >= 0.6 is 0 Å². The second-order valence-corrected chi connectivity index (χ2v) is 34.3. The maximum absolute atomic E-state index is 12.3. The van der Waals surface area contributed by atoms with Gasteiger partial charge in [-0.05, 0) is 245 Å². The number of hydrogen-bond donors (Lipinski definition) is 12. The molecular weight excluding hydrogens is 1630 g/mol. The summed E-state index contributed by atoms with van der Waals surface area (Å²) in [7, 11) is 2.16. The van der Waals surface area contributed by atoms with Crippen LogP contribution in [-0.4, -0.2) is 170 Å². The molecular formula is C101H123N23O6. The lowest BCUT2D eigenvalue weighted by atomic mass is 10.0. The SMILES string of the molecule is Cc1cc(CNc2n[nH]c(Cc3ccc(-c4ccccn4)cc3)c2C(N)=O)cc(C)c1C.Cc1cc(CNc2n[nH]c(Cc3ccc(N4CCN(C)CC4)cc3)c2C(N)=O)cc(C)c1C.Cc1cc(CNc2n[nH]c(Cc3ccc(N4CCOCC4)cn3)c2C(N)=O)cc(C)c1C.Cc1cc(Cc2[nH]nc(NCc3cc(C)c(C)c(C)c3)c2C(N)=O)cnc1N1CCOCC1. The van der Waals surface area contributed by atoms with Crippen LogP contribution in [0.2, 0.25) is 0 Å². The molecule has 7 aromatic heterocycles. The first-order valence-electron chi connectivity index (χ1n) is 44.3. The summed E-state index contributed by atoms with van der Waals surface area (Å²) in [5.74, 6) is 0.897. The number of nitrogens with two attached hydrogens (primary N) is 4. The van der Waals surface area contributed by atoms with Gasteiger partial charge in [0, 0.05) is 134 Å². The summed E-state index contributed by atoms with van der Waals surface area (Å²) in [6, 6.07) is 45.8. The number of nitrogens with one attached hydrogen (secondary N) is 8. The number of nitrogens with zero attached hydrogens (tertiary/aromatic N) is 11.